The largest absolute Gasteiger partial charge is 0.356 e. The van der Waals surface area contributed by atoms with E-state index in [0.717, 1.165) is 6.21 Å². The van der Waals surface area contributed by atoms with Gasteiger partial charge in [-0.2, -0.15) is 0 Å². The Bertz CT molecular complexity index is 837. The van der Waals surface area contributed by atoms with Crippen molar-refractivity contribution in [3.8, 4) is 0 Å². The number of rotatable bonds is 5. The van der Waals surface area contributed by atoms with Gasteiger partial charge in [0.15, 0.2) is 0 Å². The minimum absolute atomic E-state index is 0.257. The van der Waals surface area contributed by atoms with E-state index in [1.807, 2.05) is 0 Å². The van der Waals surface area contributed by atoms with Gasteiger partial charge in [0.1, 0.15) is 6.21 Å². The third-order valence-corrected chi connectivity index (χ3v) is 4.24. The van der Waals surface area contributed by atoms with Gasteiger partial charge in [0, 0.05) is 5.69 Å². The summed E-state index contributed by atoms with van der Waals surface area (Å²) in [7, 11) is 0. The van der Waals surface area contributed by atoms with Crippen molar-refractivity contribution in [2.75, 3.05) is 5.32 Å². The van der Waals surface area contributed by atoms with Crippen molar-refractivity contribution in [3.05, 3.63) is 78.5 Å². The Kier molecular flexibility index (Phi) is 6.45. The highest BCUT2D eigenvalue weighted by Gasteiger charge is 2.08. The molecule has 0 aromatic heterocycles. The van der Waals surface area contributed by atoms with Crippen molar-refractivity contribution in [2.45, 2.75) is 0 Å². The van der Waals surface area contributed by atoms with Crippen molar-refractivity contribution >= 4 is 64.0 Å². The van der Waals surface area contributed by atoms with Crippen LogP contribution in [0.5, 0.6) is 0 Å². The summed E-state index contributed by atoms with van der Waals surface area (Å²) in [5, 5.41) is 15.3. The second-order valence-corrected chi connectivity index (χ2v) is 6.08. The molecule has 2 aromatic rings. The lowest BCUT2D eigenvalue weighted by molar-refractivity contribution is -0.414. The Balaban J connectivity index is 2.18. The molecule has 0 radical (unpaired) electrons. The molecular formula is C15H9Cl4N3O2. The number of nitro groups is 1. The standard InChI is InChI=1S/C15H9Cl4N3O2/c16-12-3-1-9(5-14(12)18)20-7-11(22(23)24)8-21-10-2-4-13(17)15(19)6-10/h1-8,20H/b11-7-,21-8?. The van der Waals surface area contributed by atoms with Crippen molar-refractivity contribution < 1.29 is 4.92 Å². The van der Waals surface area contributed by atoms with Crippen LogP contribution < -0.4 is 5.32 Å². The Morgan fingerprint density at radius 2 is 1.62 bits per heavy atom. The quantitative estimate of drug-likeness (QED) is 0.364. The summed E-state index contributed by atoms with van der Waals surface area (Å²) in [5.41, 5.74) is 0.727. The second-order valence-electron chi connectivity index (χ2n) is 4.46. The number of hydrogen-bond donors (Lipinski definition) is 1. The highest BCUT2D eigenvalue weighted by atomic mass is 35.5. The maximum Gasteiger partial charge on any atom is 0.303 e. The van der Waals surface area contributed by atoms with Gasteiger partial charge >= 0.3 is 5.70 Å². The lowest BCUT2D eigenvalue weighted by Gasteiger charge is -2.02. The van der Waals surface area contributed by atoms with Crippen molar-refractivity contribution in [1.82, 2.24) is 0 Å². The molecule has 5 nitrogen and oxygen atoms in total. The van der Waals surface area contributed by atoms with E-state index < -0.39 is 4.92 Å². The number of allylic oxidation sites excluding steroid dienone is 1. The molecule has 124 valence electrons. The van der Waals surface area contributed by atoms with Crippen molar-refractivity contribution in [1.29, 1.82) is 0 Å². The Hall–Kier alpha value is -1.79. The molecule has 1 N–H and O–H groups in total. The average molecular weight is 405 g/mol. The van der Waals surface area contributed by atoms with Crippen LogP contribution in [0.15, 0.2) is 53.3 Å². The van der Waals surface area contributed by atoms with E-state index in [4.69, 9.17) is 46.4 Å². The topological polar surface area (TPSA) is 67.5 Å². The van der Waals surface area contributed by atoms with Gasteiger partial charge in [0.25, 0.3) is 0 Å². The molecule has 0 spiro atoms. The van der Waals surface area contributed by atoms with Crippen molar-refractivity contribution in [3.63, 3.8) is 0 Å². The molecule has 2 aromatic carbocycles. The fourth-order valence-corrected chi connectivity index (χ4v) is 2.18. The number of anilines is 1. The highest BCUT2D eigenvalue weighted by Crippen LogP contribution is 2.27. The zero-order valence-electron chi connectivity index (χ0n) is 11.8. The molecule has 0 aliphatic rings. The van der Waals surface area contributed by atoms with E-state index in [0.29, 0.717) is 31.5 Å². The van der Waals surface area contributed by atoms with Gasteiger partial charge < -0.3 is 5.32 Å². The van der Waals surface area contributed by atoms with Crippen LogP contribution in [0.4, 0.5) is 11.4 Å². The molecule has 0 amide bonds. The number of hydrogen-bond acceptors (Lipinski definition) is 4. The smallest absolute Gasteiger partial charge is 0.303 e. The number of aliphatic imine (C=N–C) groups is 1. The Morgan fingerprint density at radius 3 is 2.21 bits per heavy atom. The van der Waals surface area contributed by atoms with Crippen molar-refractivity contribution in [2.24, 2.45) is 4.99 Å². The number of benzene rings is 2. The molecule has 0 saturated heterocycles. The van der Waals surface area contributed by atoms with E-state index in [1.165, 1.54) is 12.3 Å². The Labute approximate surface area is 157 Å². The SMILES string of the molecule is O=[N+]([O-])/C(C=Nc1ccc(Cl)c(Cl)c1)=C\Nc1ccc(Cl)c(Cl)c1. The molecule has 0 saturated carbocycles. The predicted octanol–water partition coefficient (Wildman–Crippen LogP) is 6.23. The van der Waals surface area contributed by atoms with E-state index in [-0.39, 0.29) is 5.70 Å². The fraction of sp³-hybridized carbons (Fsp3) is 0. The zero-order valence-corrected chi connectivity index (χ0v) is 14.9. The molecule has 0 heterocycles. The predicted molar refractivity (Wildman–Crippen MR) is 99.8 cm³/mol. The van der Waals surface area contributed by atoms with Gasteiger partial charge in [-0.1, -0.05) is 46.4 Å². The van der Waals surface area contributed by atoms with Gasteiger partial charge in [-0.05, 0) is 36.4 Å². The molecule has 0 aliphatic carbocycles. The molecule has 2 rings (SSSR count). The van der Waals surface area contributed by atoms with Gasteiger partial charge in [-0.25, -0.2) is 4.99 Å². The molecule has 9 heteroatoms. The normalized spacial score (nSPS) is 11.8. The minimum atomic E-state index is -0.578. The summed E-state index contributed by atoms with van der Waals surface area (Å²) in [5.74, 6) is 0. The van der Waals surface area contributed by atoms with Crippen LogP contribution in [0.3, 0.4) is 0 Å². The first-order chi connectivity index (χ1) is 11.4. The zero-order chi connectivity index (χ0) is 17.7. The number of nitrogens with zero attached hydrogens (tertiary/aromatic N) is 2. The first-order valence-electron chi connectivity index (χ1n) is 6.42. The van der Waals surface area contributed by atoms with Gasteiger partial charge in [-0.3, -0.25) is 10.1 Å². The van der Waals surface area contributed by atoms with Crippen LogP contribution in [0.1, 0.15) is 0 Å². The van der Waals surface area contributed by atoms with E-state index in [1.54, 1.807) is 30.3 Å². The molecule has 24 heavy (non-hydrogen) atoms. The Morgan fingerprint density at radius 1 is 1.00 bits per heavy atom. The molecule has 0 unspecified atom stereocenters. The lowest BCUT2D eigenvalue weighted by Crippen LogP contribution is -2.03. The second kappa shape index (κ2) is 8.35. The number of halogens is 4. The first kappa shape index (κ1) is 18.5. The third kappa shape index (κ3) is 5.11. The van der Waals surface area contributed by atoms with Crippen LogP contribution in [0.2, 0.25) is 20.1 Å². The van der Waals surface area contributed by atoms with Crippen LogP contribution in [-0.4, -0.2) is 11.1 Å². The molecule has 0 bridgehead atoms. The van der Waals surface area contributed by atoms with Crippen LogP contribution in [0.25, 0.3) is 0 Å². The monoisotopic (exact) mass is 403 g/mol. The van der Waals surface area contributed by atoms with Crippen LogP contribution in [0, 0.1) is 10.1 Å². The summed E-state index contributed by atoms with van der Waals surface area (Å²) in [4.78, 5) is 14.5. The lowest BCUT2D eigenvalue weighted by atomic mass is 10.3. The molecule has 0 aliphatic heterocycles. The average Bonchev–Trinajstić information content (AvgIpc) is 2.53. The van der Waals surface area contributed by atoms with E-state index in [9.17, 15) is 10.1 Å². The van der Waals surface area contributed by atoms with Gasteiger partial charge in [-0.15, -0.1) is 0 Å². The van der Waals surface area contributed by atoms with E-state index in [2.05, 4.69) is 10.3 Å². The van der Waals surface area contributed by atoms with Crippen LogP contribution >= 0.6 is 46.4 Å². The summed E-state index contributed by atoms with van der Waals surface area (Å²) in [6.07, 6.45) is 2.30. The number of nitrogens with one attached hydrogen (secondary N) is 1. The molecule has 0 atom stereocenters. The maximum atomic E-state index is 11.1. The summed E-state index contributed by atoms with van der Waals surface area (Å²) in [6, 6.07) is 9.42. The highest BCUT2D eigenvalue weighted by molar-refractivity contribution is 6.42. The first-order valence-corrected chi connectivity index (χ1v) is 7.93. The maximum absolute atomic E-state index is 11.1. The van der Waals surface area contributed by atoms with E-state index >= 15 is 0 Å². The molecule has 0 fully saturated rings. The summed E-state index contributed by atoms with van der Waals surface area (Å²) < 4.78 is 0. The fourth-order valence-electron chi connectivity index (χ4n) is 1.59. The minimum Gasteiger partial charge on any atom is -0.356 e. The summed E-state index contributed by atoms with van der Waals surface area (Å²) in [6.45, 7) is 0. The van der Waals surface area contributed by atoms with Crippen LogP contribution in [-0.2, 0) is 0 Å². The third-order valence-electron chi connectivity index (χ3n) is 2.77. The van der Waals surface area contributed by atoms with Gasteiger partial charge in [0.05, 0.1) is 36.9 Å². The summed E-state index contributed by atoms with van der Waals surface area (Å²) >= 11 is 23.4. The van der Waals surface area contributed by atoms with Gasteiger partial charge in [0.2, 0.25) is 0 Å². The molecular weight excluding hydrogens is 396 g/mol.